The topological polar surface area (TPSA) is 66.0 Å². The average Bonchev–Trinajstić information content (AvgIpc) is 3.09. The maximum atomic E-state index is 10.9. The first-order valence-electron chi connectivity index (χ1n) is 6.11. The lowest BCUT2D eigenvalue weighted by atomic mass is 10.1. The van der Waals surface area contributed by atoms with Crippen LogP contribution < -0.4 is 0 Å². The van der Waals surface area contributed by atoms with Crippen LogP contribution in [0.15, 0.2) is 28.7 Å². The van der Waals surface area contributed by atoms with Crippen molar-refractivity contribution in [3.05, 3.63) is 40.3 Å². The number of carboxylic acids is 1. The summed E-state index contributed by atoms with van der Waals surface area (Å²) in [4.78, 5) is 18.7. The largest absolute Gasteiger partial charge is 0.481 e. The summed E-state index contributed by atoms with van der Waals surface area (Å²) in [5, 5.41) is 8.96. The van der Waals surface area contributed by atoms with E-state index in [-0.39, 0.29) is 11.8 Å². The molecule has 1 saturated carbocycles. The summed E-state index contributed by atoms with van der Waals surface area (Å²) < 4.78 is 1.03. The minimum atomic E-state index is -0.732. The van der Waals surface area contributed by atoms with Gasteiger partial charge in [0.15, 0.2) is 0 Å². The zero-order valence-electron chi connectivity index (χ0n) is 10.4. The molecule has 0 saturated heterocycles. The van der Waals surface area contributed by atoms with Gasteiger partial charge in [-0.05, 0) is 25.5 Å². The van der Waals surface area contributed by atoms with Gasteiger partial charge in [-0.25, -0.2) is 4.98 Å². The van der Waals surface area contributed by atoms with Gasteiger partial charge in [0.1, 0.15) is 5.82 Å². The van der Waals surface area contributed by atoms with Crippen LogP contribution in [0.5, 0.6) is 0 Å². The minimum absolute atomic E-state index is 0.0420. The number of aliphatic carboxylic acids is 1. The summed E-state index contributed by atoms with van der Waals surface area (Å²) in [7, 11) is 0. The van der Waals surface area contributed by atoms with Crippen molar-refractivity contribution in [2.45, 2.75) is 19.3 Å². The third-order valence-electron chi connectivity index (χ3n) is 3.48. The van der Waals surface area contributed by atoms with E-state index in [9.17, 15) is 4.79 Å². The summed E-state index contributed by atoms with van der Waals surface area (Å²) in [5.41, 5.74) is 2.92. The van der Waals surface area contributed by atoms with E-state index < -0.39 is 5.97 Å². The highest BCUT2D eigenvalue weighted by atomic mass is 79.9. The van der Waals surface area contributed by atoms with Crippen LogP contribution in [-0.4, -0.2) is 21.0 Å². The number of nitrogens with one attached hydrogen (secondary N) is 1. The lowest BCUT2D eigenvalue weighted by molar-refractivity contribution is -0.138. The summed E-state index contributed by atoms with van der Waals surface area (Å²) in [6.07, 6.45) is 0.683. The molecule has 5 heteroatoms. The quantitative estimate of drug-likeness (QED) is 0.911. The number of H-pyrrole nitrogens is 1. The fraction of sp³-hybridized carbons (Fsp3) is 0.286. The summed E-state index contributed by atoms with van der Waals surface area (Å²) in [6, 6.07) is 7.94. The maximum absolute atomic E-state index is 10.9. The Bertz CT molecular complexity index is 633. The second kappa shape index (κ2) is 4.49. The Kier molecular flexibility index (Phi) is 2.93. The second-order valence-electron chi connectivity index (χ2n) is 4.89. The second-order valence-corrected chi connectivity index (χ2v) is 5.81. The molecule has 0 spiro atoms. The average molecular weight is 321 g/mol. The molecular weight excluding hydrogens is 308 g/mol. The Morgan fingerprint density at radius 2 is 2.11 bits per heavy atom. The van der Waals surface area contributed by atoms with Gasteiger partial charge >= 0.3 is 5.97 Å². The fourth-order valence-corrected chi connectivity index (χ4v) is 2.58. The van der Waals surface area contributed by atoms with E-state index in [0.29, 0.717) is 6.42 Å². The Balaban J connectivity index is 1.90. The number of carbonyl (C=O) groups is 1. The summed E-state index contributed by atoms with van der Waals surface area (Å²) >= 11 is 3.41. The Morgan fingerprint density at radius 3 is 2.68 bits per heavy atom. The molecule has 0 aliphatic heterocycles. The van der Waals surface area contributed by atoms with Crippen molar-refractivity contribution in [1.29, 1.82) is 0 Å². The highest BCUT2D eigenvalue weighted by Crippen LogP contribution is 2.47. The highest BCUT2D eigenvalue weighted by molar-refractivity contribution is 9.10. The molecule has 2 atom stereocenters. The molecule has 1 fully saturated rings. The molecular formula is C14H13BrN2O2. The first-order chi connectivity index (χ1) is 9.06. The number of rotatable bonds is 3. The molecule has 1 aliphatic rings. The van der Waals surface area contributed by atoms with Crippen LogP contribution in [0.1, 0.15) is 23.9 Å². The predicted octanol–water partition coefficient (Wildman–Crippen LogP) is 3.34. The van der Waals surface area contributed by atoms with Gasteiger partial charge in [-0.1, -0.05) is 28.1 Å². The van der Waals surface area contributed by atoms with Gasteiger partial charge in [0.25, 0.3) is 0 Å². The van der Waals surface area contributed by atoms with Crippen molar-refractivity contribution in [3.63, 3.8) is 0 Å². The van der Waals surface area contributed by atoms with Crippen LogP contribution in [0.4, 0.5) is 0 Å². The number of aryl methyl sites for hydroxylation is 1. The molecule has 0 radical (unpaired) electrons. The molecule has 19 heavy (non-hydrogen) atoms. The highest BCUT2D eigenvalue weighted by Gasteiger charge is 2.46. The van der Waals surface area contributed by atoms with Crippen LogP contribution in [0.3, 0.4) is 0 Å². The number of benzene rings is 1. The molecule has 0 amide bonds. The van der Waals surface area contributed by atoms with Crippen molar-refractivity contribution < 1.29 is 9.90 Å². The van der Waals surface area contributed by atoms with Gasteiger partial charge in [0, 0.05) is 21.6 Å². The standard InChI is InChI=1S/C14H13BrN2O2/c1-7-12(8-2-4-9(15)5-3-8)17-13(16-7)10-6-11(10)14(18)19/h2-5,10-11H,6H2,1H3,(H,16,17)(H,18,19). The molecule has 1 aliphatic carbocycles. The van der Waals surface area contributed by atoms with Crippen molar-refractivity contribution in [2.24, 2.45) is 5.92 Å². The van der Waals surface area contributed by atoms with Gasteiger partial charge in [0.05, 0.1) is 11.6 Å². The number of nitrogens with zero attached hydrogens (tertiary/aromatic N) is 1. The SMILES string of the molecule is Cc1[nH]c(C2CC2C(=O)O)nc1-c1ccc(Br)cc1. The number of aromatic amines is 1. The molecule has 1 aromatic heterocycles. The first-order valence-corrected chi connectivity index (χ1v) is 6.91. The van der Waals surface area contributed by atoms with Crippen LogP contribution in [0.25, 0.3) is 11.3 Å². The monoisotopic (exact) mass is 320 g/mol. The fourth-order valence-electron chi connectivity index (χ4n) is 2.32. The molecule has 2 unspecified atom stereocenters. The molecule has 1 heterocycles. The Hall–Kier alpha value is -1.62. The van der Waals surface area contributed by atoms with Gasteiger partial charge in [-0.2, -0.15) is 0 Å². The third kappa shape index (κ3) is 2.30. The normalized spacial score (nSPS) is 21.4. The Morgan fingerprint density at radius 1 is 1.42 bits per heavy atom. The lowest BCUT2D eigenvalue weighted by Gasteiger charge is -1.98. The van der Waals surface area contributed by atoms with E-state index in [0.717, 1.165) is 27.2 Å². The third-order valence-corrected chi connectivity index (χ3v) is 4.01. The smallest absolute Gasteiger partial charge is 0.307 e. The van der Waals surface area contributed by atoms with E-state index >= 15 is 0 Å². The molecule has 4 nitrogen and oxygen atoms in total. The van der Waals surface area contributed by atoms with Gasteiger partial charge < -0.3 is 10.1 Å². The molecule has 2 aromatic rings. The van der Waals surface area contributed by atoms with Crippen molar-refractivity contribution in [2.75, 3.05) is 0 Å². The van der Waals surface area contributed by atoms with Crippen LogP contribution >= 0.6 is 15.9 Å². The number of imidazole rings is 1. The minimum Gasteiger partial charge on any atom is -0.481 e. The van der Waals surface area contributed by atoms with Crippen LogP contribution in [-0.2, 0) is 4.79 Å². The predicted molar refractivity (Wildman–Crippen MR) is 74.9 cm³/mol. The van der Waals surface area contributed by atoms with Crippen LogP contribution in [0, 0.1) is 12.8 Å². The van der Waals surface area contributed by atoms with E-state index in [4.69, 9.17) is 5.11 Å². The lowest BCUT2D eigenvalue weighted by Crippen LogP contribution is -1.99. The summed E-state index contributed by atoms with van der Waals surface area (Å²) in [5.74, 6) is -0.171. The number of carboxylic acid groups (broad SMARTS) is 1. The van der Waals surface area contributed by atoms with E-state index in [2.05, 4.69) is 25.9 Å². The number of aromatic nitrogens is 2. The van der Waals surface area contributed by atoms with Crippen molar-refractivity contribution >= 4 is 21.9 Å². The first kappa shape index (κ1) is 12.4. The number of hydrogen-bond donors (Lipinski definition) is 2. The summed E-state index contributed by atoms with van der Waals surface area (Å²) in [6.45, 7) is 1.96. The van der Waals surface area contributed by atoms with Gasteiger partial charge in [0.2, 0.25) is 0 Å². The van der Waals surface area contributed by atoms with Crippen molar-refractivity contribution in [3.8, 4) is 11.3 Å². The zero-order valence-corrected chi connectivity index (χ0v) is 11.9. The molecule has 98 valence electrons. The van der Waals surface area contributed by atoms with E-state index in [1.54, 1.807) is 0 Å². The van der Waals surface area contributed by atoms with Gasteiger partial charge in [-0.15, -0.1) is 0 Å². The van der Waals surface area contributed by atoms with E-state index in [1.807, 2.05) is 31.2 Å². The molecule has 1 aromatic carbocycles. The molecule has 0 bridgehead atoms. The van der Waals surface area contributed by atoms with Gasteiger partial charge in [-0.3, -0.25) is 4.79 Å². The molecule has 2 N–H and O–H groups in total. The maximum Gasteiger partial charge on any atom is 0.307 e. The van der Waals surface area contributed by atoms with Crippen LogP contribution in [0.2, 0.25) is 0 Å². The Labute approximate surface area is 119 Å². The van der Waals surface area contributed by atoms with E-state index in [1.165, 1.54) is 0 Å². The molecule has 3 rings (SSSR count). The number of halogens is 1. The number of hydrogen-bond acceptors (Lipinski definition) is 2. The zero-order chi connectivity index (χ0) is 13.6. The van der Waals surface area contributed by atoms with Crippen molar-refractivity contribution in [1.82, 2.24) is 9.97 Å².